The minimum Gasteiger partial charge on any atom is -0.496 e. The minimum atomic E-state index is 0.00125. The fraction of sp³-hybridized carbons (Fsp3) is 0.312. The predicted molar refractivity (Wildman–Crippen MR) is 74.7 cm³/mol. The number of benzene rings is 1. The first-order valence-electron chi connectivity index (χ1n) is 6.78. The number of furan rings is 1. The molecule has 1 aromatic carbocycles. The van der Waals surface area contributed by atoms with E-state index in [1.165, 1.54) is 0 Å². The molecule has 0 aliphatic carbocycles. The summed E-state index contributed by atoms with van der Waals surface area (Å²) in [5.74, 6) is 1.47. The van der Waals surface area contributed by atoms with Crippen LogP contribution in [0.5, 0.6) is 5.75 Å². The largest absolute Gasteiger partial charge is 0.496 e. The Balaban J connectivity index is 1.90. The Kier molecular flexibility index (Phi) is 3.46. The molecule has 4 nitrogen and oxygen atoms in total. The van der Waals surface area contributed by atoms with Gasteiger partial charge < -0.3 is 14.1 Å². The molecule has 2 heterocycles. The number of para-hydroxylation sites is 1. The highest BCUT2D eigenvalue weighted by Crippen LogP contribution is 2.34. The highest BCUT2D eigenvalue weighted by Gasteiger charge is 2.33. The Morgan fingerprint density at radius 3 is 2.90 bits per heavy atom. The van der Waals surface area contributed by atoms with Crippen LogP contribution in [0, 0.1) is 0 Å². The molecule has 1 aliphatic heterocycles. The van der Waals surface area contributed by atoms with Crippen molar-refractivity contribution in [3.05, 3.63) is 54.0 Å². The summed E-state index contributed by atoms with van der Waals surface area (Å²) in [5, 5.41) is 0. The number of amides is 1. The van der Waals surface area contributed by atoms with E-state index < -0.39 is 0 Å². The Hall–Kier alpha value is -2.23. The molecule has 0 saturated carbocycles. The van der Waals surface area contributed by atoms with Gasteiger partial charge in [-0.05, 0) is 37.1 Å². The van der Waals surface area contributed by atoms with Crippen molar-refractivity contribution in [3.63, 3.8) is 0 Å². The van der Waals surface area contributed by atoms with Crippen LogP contribution in [0.1, 0.15) is 35.0 Å². The lowest BCUT2D eigenvalue weighted by atomic mass is 10.1. The van der Waals surface area contributed by atoms with Gasteiger partial charge in [-0.3, -0.25) is 4.79 Å². The maximum absolute atomic E-state index is 12.7. The predicted octanol–water partition coefficient (Wildman–Crippen LogP) is 3.27. The molecule has 2 aromatic rings. The number of carbonyl (C=O) groups is 1. The molecule has 1 aliphatic rings. The molecule has 0 N–H and O–H groups in total. The van der Waals surface area contributed by atoms with Crippen LogP contribution < -0.4 is 4.74 Å². The number of ether oxygens (including phenoxy) is 1. The van der Waals surface area contributed by atoms with E-state index in [1.54, 1.807) is 19.4 Å². The number of rotatable bonds is 3. The molecule has 1 amide bonds. The molecule has 3 rings (SSSR count). The van der Waals surface area contributed by atoms with Crippen LogP contribution in [0.2, 0.25) is 0 Å². The van der Waals surface area contributed by atoms with E-state index >= 15 is 0 Å². The fourth-order valence-corrected chi connectivity index (χ4v) is 2.76. The van der Waals surface area contributed by atoms with Crippen molar-refractivity contribution in [2.75, 3.05) is 13.7 Å². The molecule has 1 saturated heterocycles. The molecule has 0 radical (unpaired) electrons. The third-order valence-corrected chi connectivity index (χ3v) is 3.72. The van der Waals surface area contributed by atoms with Crippen molar-refractivity contribution in [1.82, 2.24) is 4.90 Å². The molecule has 4 heteroatoms. The molecule has 1 fully saturated rings. The summed E-state index contributed by atoms with van der Waals surface area (Å²) in [5.41, 5.74) is 0.605. The van der Waals surface area contributed by atoms with Crippen molar-refractivity contribution >= 4 is 5.91 Å². The Morgan fingerprint density at radius 1 is 1.30 bits per heavy atom. The first kappa shape index (κ1) is 12.8. The number of carbonyl (C=O) groups excluding carboxylic acids is 1. The van der Waals surface area contributed by atoms with Gasteiger partial charge in [0.05, 0.1) is 25.0 Å². The van der Waals surface area contributed by atoms with E-state index in [0.29, 0.717) is 11.3 Å². The first-order valence-corrected chi connectivity index (χ1v) is 6.78. The molecule has 0 bridgehead atoms. The normalized spacial score (nSPS) is 18.2. The van der Waals surface area contributed by atoms with Crippen LogP contribution in [0.25, 0.3) is 0 Å². The summed E-state index contributed by atoms with van der Waals surface area (Å²) in [6, 6.07) is 11.2. The van der Waals surface area contributed by atoms with E-state index in [9.17, 15) is 4.79 Å². The maximum Gasteiger partial charge on any atom is 0.258 e. The summed E-state index contributed by atoms with van der Waals surface area (Å²) in [7, 11) is 1.58. The average Bonchev–Trinajstić information content (AvgIpc) is 3.16. The van der Waals surface area contributed by atoms with Crippen LogP contribution in [-0.2, 0) is 0 Å². The second kappa shape index (κ2) is 5.41. The standard InChI is InChI=1S/C16H17NO3/c1-19-14-8-3-2-6-12(14)16(18)17-10-4-7-13(17)15-9-5-11-20-15/h2-3,5-6,8-9,11,13H,4,7,10H2,1H3. The van der Waals surface area contributed by atoms with Gasteiger partial charge in [-0.2, -0.15) is 0 Å². The van der Waals surface area contributed by atoms with E-state index in [1.807, 2.05) is 35.2 Å². The highest BCUT2D eigenvalue weighted by molar-refractivity contribution is 5.97. The summed E-state index contributed by atoms with van der Waals surface area (Å²) in [4.78, 5) is 14.6. The zero-order valence-electron chi connectivity index (χ0n) is 11.4. The summed E-state index contributed by atoms with van der Waals surface area (Å²) < 4.78 is 10.7. The van der Waals surface area contributed by atoms with Crippen molar-refractivity contribution in [2.45, 2.75) is 18.9 Å². The van der Waals surface area contributed by atoms with Crippen LogP contribution in [0.4, 0.5) is 0 Å². The molecular weight excluding hydrogens is 254 g/mol. The van der Waals surface area contributed by atoms with Gasteiger partial charge in [0.25, 0.3) is 5.91 Å². The van der Waals surface area contributed by atoms with E-state index in [2.05, 4.69) is 0 Å². The molecule has 1 unspecified atom stereocenters. The third-order valence-electron chi connectivity index (χ3n) is 3.72. The van der Waals surface area contributed by atoms with Gasteiger partial charge in [0.15, 0.2) is 0 Å². The SMILES string of the molecule is COc1ccccc1C(=O)N1CCCC1c1ccco1. The van der Waals surface area contributed by atoms with E-state index in [4.69, 9.17) is 9.15 Å². The molecule has 1 atom stereocenters. The van der Waals surface area contributed by atoms with Crippen LogP contribution in [0.3, 0.4) is 0 Å². The zero-order chi connectivity index (χ0) is 13.9. The number of likely N-dealkylation sites (tertiary alicyclic amines) is 1. The second-order valence-corrected chi connectivity index (χ2v) is 4.87. The minimum absolute atomic E-state index is 0.00125. The summed E-state index contributed by atoms with van der Waals surface area (Å²) in [6.45, 7) is 0.752. The first-order chi connectivity index (χ1) is 9.81. The van der Waals surface area contributed by atoms with Gasteiger partial charge >= 0.3 is 0 Å². The van der Waals surface area contributed by atoms with Gasteiger partial charge in [0, 0.05) is 6.54 Å². The van der Waals surface area contributed by atoms with Crippen LogP contribution in [-0.4, -0.2) is 24.5 Å². The van der Waals surface area contributed by atoms with Crippen molar-refractivity contribution in [2.24, 2.45) is 0 Å². The van der Waals surface area contributed by atoms with E-state index in [-0.39, 0.29) is 11.9 Å². The monoisotopic (exact) mass is 271 g/mol. The average molecular weight is 271 g/mol. The topological polar surface area (TPSA) is 42.7 Å². The smallest absolute Gasteiger partial charge is 0.258 e. The number of hydrogen-bond acceptors (Lipinski definition) is 3. The Morgan fingerprint density at radius 2 is 2.15 bits per heavy atom. The molecule has 1 aromatic heterocycles. The number of methoxy groups -OCH3 is 1. The van der Waals surface area contributed by atoms with Crippen molar-refractivity contribution < 1.29 is 13.9 Å². The van der Waals surface area contributed by atoms with Crippen molar-refractivity contribution in [1.29, 1.82) is 0 Å². The van der Waals surface area contributed by atoms with Crippen LogP contribution >= 0.6 is 0 Å². The Bertz CT molecular complexity index is 592. The van der Waals surface area contributed by atoms with E-state index in [0.717, 1.165) is 25.1 Å². The number of hydrogen-bond donors (Lipinski definition) is 0. The maximum atomic E-state index is 12.7. The summed E-state index contributed by atoms with van der Waals surface area (Å²) in [6.07, 6.45) is 3.58. The quantitative estimate of drug-likeness (QED) is 0.860. The lowest BCUT2D eigenvalue weighted by Crippen LogP contribution is -2.30. The molecular formula is C16H17NO3. The number of nitrogens with zero attached hydrogens (tertiary/aromatic N) is 1. The molecule has 104 valence electrons. The van der Waals surface area contributed by atoms with Crippen molar-refractivity contribution in [3.8, 4) is 5.75 Å². The Labute approximate surface area is 118 Å². The van der Waals surface area contributed by atoms with Gasteiger partial charge in [-0.15, -0.1) is 0 Å². The lowest BCUT2D eigenvalue weighted by Gasteiger charge is -2.24. The molecule has 20 heavy (non-hydrogen) atoms. The highest BCUT2D eigenvalue weighted by atomic mass is 16.5. The zero-order valence-corrected chi connectivity index (χ0v) is 11.4. The summed E-state index contributed by atoms with van der Waals surface area (Å²) >= 11 is 0. The van der Waals surface area contributed by atoms with Gasteiger partial charge in [0.2, 0.25) is 0 Å². The fourth-order valence-electron chi connectivity index (χ4n) is 2.76. The van der Waals surface area contributed by atoms with Crippen LogP contribution in [0.15, 0.2) is 47.1 Å². The lowest BCUT2D eigenvalue weighted by molar-refractivity contribution is 0.0716. The third kappa shape index (κ3) is 2.18. The van der Waals surface area contributed by atoms with Gasteiger partial charge in [-0.1, -0.05) is 12.1 Å². The van der Waals surface area contributed by atoms with Gasteiger partial charge in [-0.25, -0.2) is 0 Å². The second-order valence-electron chi connectivity index (χ2n) is 4.87. The van der Waals surface area contributed by atoms with Gasteiger partial charge in [0.1, 0.15) is 11.5 Å². The molecule has 0 spiro atoms.